The first-order valence-electron chi connectivity index (χ1n) is 3.60. The van der Waals surface area contributed by atoms with Gasteiger partial charge in [0.05, 0.1) is 6.04 Å². The van der Waals surface area contributed by atoms with Crippen molar-refractivity contribution in [2.75, 3.05) is 6.61 Å². The molecular formula is C8H8BrNO2. The van der Waals surface area contributed by atoms with E-state index in [1.165, 1.54) is 0 Å². The molecule has 2 rings (SSSR count). The Kier molecular flexibility index (Phi) is 1.73. The summed E-state index contributed by atoms with van der Waals surface area (Å²) in [7, 11) is 0. The lowest BCUT2D eigenvalue weighted by atomic mass is 10.1. The van der Waals surface area contributed by atoms with Crippen LogP contribution in [0.5, 0.6) is 11.5 Å². The molecule has 0 bridgehead atoms. The second-order valence-corrected chi connectivity index (χ2v) is 3.53. The third kappa shape index (κ3) is 0.990. The highest BCUT2D eigenvalue weighted by molar-refractivity contribution is 9.10. The number of phenolic OH excluding ortho intramolecular Hbond substituents is 1. The van der Waals surface area contributed by atoms with E-state index in [2.05, 4.69) is 15.9 Å². The zero-order valence-electron chi connectivity index (χ0n) is 6.25. The maximum atomic E-state index is 9.30. The predicted molar refractivity (Wildman–Crippen MR) is 48.2 cm³/mol. The van der Waals surface area contributed by atoms with Gasteiger partial charge >= 0.3 is 0 Å². The molecule has 1 aliphatic rings. The van der Waals surface area contributed by atoms with Gasteiger partial charge in [-0.05, 0) is 28.1 Å². The molecule has 1 atom stereocenters. The van der Waals surface area contributed by atoms with E-state index < -0.39 is 0 Å². The van der Waals surface area contributed by atoms with E-state index in [0.717, 1.165) is 5.56 Å². The summed E-state index contributed by atoms with van der Waals surface area (Å²) in [6.07, 6.45) is 0. The van der Waals surface area contributed by atoms with Crippen molar-refractivity contribution in [2.24, 2.45) is 5.73 Å². The monoisotopic (exact) mass is 229 g/mol. The molecule has 0 aliphatic carbocycles. The first-order valence-corrected chi connectivity index (χ1v) is 4.39. The van der Waals surface area contributed by atoms with Crippen LogP contribution in [0, 0.1) is 0 Å². The third-order valence-electron chi connectivity index (χ3n) is 1.91. The molecule has 0 aromatic heterocycles. The van der Waals surface area contributed by atoms with Crippen LogP contribution in [0.4, 0.5) is 0 Å². The van der Waals surface area contributed by atoms with Crippen LogP contribution in [0.25, 0.3) is 0 Å². The van der Waals surface area contributed by atoms with Crippen LogP contribution in [-0.2, 0) is 0 Å². The molecule has 3 N–H and O–H groups in total. The maximum absolute atomic E-state index is 9.30. The van der Waals surface area contributed by atoms with Crippen LogP contribution in [0.1, 0.15) is 11.6 Å². The molecule has 0 fully saturated rings. The van der Waals surface area contributed by atoms with E-state index in [-0.39, 0.29) is 11.8 Å². The lowest BCUT2D eigenvalue weighted by Crippen LogP contribution is -2.10. The van der Waals surface area contributed by atoms with Crippen LogP contribution >= 0.6 is 15.9 Å². The van der Waals surface area contributed by atoms with Crippen LogP contribution in [0.3, 0.4) is 0 Å². The number of rotatable bonds is 0. The van der Waals surface area contributed by atoms with Gasteiger partial charge in [-0.2, -0.15) is 0 Å². The Hall–Kier alpha value is -0.740. The van der Waals surface area contributed by atoms with Crippen molar-refractivity contribution in [3.8, 4) is 11.5 Å². The van der Waals surface area contributed by atoms with Crippen molar-refractivity contribution < 1.29 is 9.84 Å². The third-order valence-corrected chi connectivity index (χ3v) is 2.68. The number of phenols is 1. The Morgan fingerprint density at radius 1 is 1.58 bits per heavy atom. The van der Waals surface area contributed by atoms with E-state index in [0.29, 0.717) is 16.8 Å². The summed E-state index contributed by atoms with van der Waals surface area (Å²) in [6, 6.07) is 3.32. The van der Waals surface area contributed by atoms with Crippen LogP contribution in [0.2, 0.25) is 0 Å². The van der Waals surface area contributed by atoms with E-state index >= 15 is 0 Å². The van der Waals surface area contributed by atoms with Crippen molar-refractivity contribution in [1.29, 1.82) is 0 Å². The van der Waals surface area contributed by atoms with E-state index in [1.807, 2.05) is 0 Å². The molecule has 1 aromatic rings. The summed E-state index contributed by atoms with van der Waals surface area (Å²) >= 11 is 3.23. The smallest absolute Gasteiger partial charge is 0.142 e. The van der Waals surface area contributed by atoms with Gasteiger partial charge in [-0.25, -0.2) is 0 Å². The van der Waals surface area contributed by atoms with Crippen molar-refractivity contribution in [2.45, 2.75) is 6.04 Å². The fourth-order valence-electron chi connectivity index (χ4n) is 1.26. The standard InChI is InChI=1S/C8H8BrNO2/c9-7-6(11)2-1-4-5(10)3-12-8(4)7/h1-2,5,11H,3,10H2/t5-/m0/s1. The summed E-state index contributed by atoms with van der Waals surface area (Å²) in [6.45, 7) is 0.484. The second kappa shape index (κ2) is 2.64. The van der Waals surface area contributed by atoms with Crippen molar-refractivity contribution in [3.05, 3.63) is 22.2 Å². The zero-order valence-corrected chi connectivity index (χ0v) is 7.84. The average Bonchev–Trinajstić information content (AvgIpc) is 2.41. The molecule has 1 heterocycles. The fraction of sp³-hybridized carbons (Fsp3) is 0.250. The topological polar surface area (TPSA) is 55.5 Å². The highest BCUT2D eigenvalue weighted by Crippen LogP contribution is 2.42. The summed E-state index contributed by atoms with van der Waals surface area (Å²) in [4.78, 5) is 0. The quantitative estimate of drug-likeness (QED) is 0.710. The molecule has 0 saturated heterocycles. The van der Waals surface area contributed by atoms with Gasteiger partial charge in [-0.15, -0.1) is 0 Å². The molecule has 0 amide bonds. The Bertz CT molecular complexity index is 327. The molecular weight excluding hydrogens is 222 g/mol. The lowest BCUT2D eigenvalue weighted by Gasteiger charge is -2.03. The predicted octanol–water partition coefficient (Wildman–Crippen LogP) is 1.55. The minimum absolute atomic E-state index is 0.0723. The summed E-state index contributed by atoms with van der Waals surface area (Å²) in [5, 5.41) is 9.30. The number of ether oxygens (including phenoxy) is 1. The molecule has 0 radical (unpaired) electrons. The maximum Gasteiger partial charge on any atom is 0.142 e. The fourth-order valence-corrected chi connectivity index (χ4v) is 1.74. The Morgan fingerprint density at radius 2 is 2.33 bits per heavy atom. The number of nitrogens with two attached hydrogens (primary N) is 1. The molecule has 1 aromatic carbocycles. The van der Waals surface area contributed by atoms with Gasteiger partial charge in [0.25, 0.3) is 0 Å². The van der Waals surface area contributed by atoms with Crippen LogP contribution < -0.4 is 10.5 Å². The average molecular weight is 230 g/mol. The highest BCUT2D eigenvalue weighted by Gasteiger charge is 2.24. The summed E-state index contributed by atoms with van der Waals surface area (Å²) < 4.78 is 5.88. The minimum atomic E-state index is -0.0723. The Balaban J connectivity index is 2.60. The lowest BCUT2D eigenvalue weighted by molar-refractivity contribution is 0.330. The number of benzene rings is 1. The summed E-state index contributed by atoms with van der Waals surface area (Å²) in [5.74, 6) is 0.852. The highest BCUT2D eigenvalue weighted by atomic mass is 79.9. The molecule has 64 valence electrons. The number of hydrogen-bond donors (Lipinski definition) is 2. The van der Waals surface area contributed by atoms with Gasteiger partial charge in [0.15, 0.2) is 0 Å². The second-order valence-electron chi connectivity index (χ2n) is 2.73. The van der Waals surface area contributed by atoms with Crippen molar-refractivity contribution in [3.63, 3.8) is 0 Å². The number of halogens is 1. The van der Waals surface area contributed by atoms with Gasteiger partial charge in [0.1, 0.15) is 22.6 Å². The minimum Gasteiger partial charge on any atom is -0.507 e. The summed E-state index contributed by atoms with van der Waals surface area (Å²) in [5.41, 5.74) is 6.68. The molecule has 0 saturated carbocycles. The SMILES string of the molecule is N[C@H]1COc2c1ccc(O)c2Br. The Morgan fingerprint density at radius 3 is 3.08 bits per heavy atom. The number of fused-ring (bicyclic) bond motifs is 1. The molecule has 4 heteroatoms. The first kappa shape index (κ1) is 7.89. The van der Waals surface area contributed by atoms with Crippen molar-refractivity contribution in [1.82, 2.24) is 0 Å². The Labute approximate surface area is 78.3 Å². The zero-order chi connectivity index (χ0) is 8.72. The van der Waals surface area contributed by atoms with Crippen LogP contribution in [-0.4, -0.2) is 11.7 Å². The number of hydrogen-bond acceptors (Lipinski definition) is 3. The molecule has 1 aliphatic heterocycles. The first-order chi connectivity index (χ1) is 5.70. The number of aromatic hydroxyl groups is 1. The van der Waals surface area contributed by atoms with Crippen molar-refractivity contribution >= 4 is 15.9 Å². The molecule has 0 unspecified atom stereocenters. The van der Waals surface area contributed by atoms with Gasteiger partial charge in [-0.3, -0.25) is 0 Å². The molecule has 0 spiro atoms. The van der Waals surface area contributed by atoms with E-state index in [1.54, 1.807) is 12.1 Å². The largest absolute Gasteiger partial charge is 0.507 e. The van der Waals surface area contributed by atoms with E-state index in [9.17, 15) is 5.11 Å². The molecule has 12 heavy (non-hydrogen) atoms. The van der Waals surface area contributed by atoms with Crippen LogP contribution in [0.15, 0.2) is 16.6 Å². The normalized spacial score (nSPS) is 20.3. The van der Waals surface area contributed by atoms with Gasteiger partial charge < -0.3 is 15.6 Å². The molecule has 3 nitrogen and oxygen atoms in total. The van der Waals surface area contributed by atoms with Gasteiger partial charge in [-0.1, -0.05) is 0 Å². The van der Waals surface area contributed by atoms with Gasteiger partial charge in [0.2, 0.25) is 0 Å². The van der Waals surface area contributed by atoms with E-state index in [4.69, 9.17) is 10.5 Å². The van der Waals surface area contributed by atoms with Gasteiger partial charge in [0, 0.05) is 5.56 Å².